The average molecular weight is 514 g/mol. The number of allylic oxidation sites excluding steroid dienone is 2. The van der Waals surface area contributed by atoms with Crippen molar-refractivity contribution in [1.82, 2.24) is 4.90 Å². The predicted octanol–water partition coefficient (Wildman–Crippen LogP) is 9.21. The van der Waals surface area contributed by atoms with Crippen LogP contribution in [0.5, 0.6) is 0 Å². The monoisotopic (exact) mass is 513 g/mol. The molecular weight excluding hydrogens is 458 g/mol. The Hall–Kier alpha value is -2.10. The van der Waals surface area contributed by atoms with E-state index in [1.807, 2.05) is 19.1 Å². The van der Waals surface area contributed by atoms with E-state index < -0.39 is 0 Å². The Morgan fingerprint density at radius 1 is 0.730 bits per heavy atom. The van der Waals surface area contributed by atoms with Crippen LogP contribution >= 0.6 is 0 Å². The third kappa shape index (κ3) is 18.7. The highest BCUT2D eigenvalue weighted by Gasteiger charge is 2.11. The fourth-order valence-corrected chi connectivity index (χ4v) is 4.42. The summed E-state index contributed by atoms with van der Waals surface area (Å²) in [6, 6.07) is 7.32. The quantitative estimate of drug-likeness (QED) is 0.0832. The van der Waals surface area contributed by atoms with Crippen LogP contribution in [0, 0.1) is 6.92 Å². The molecule has 4 nitrogen and oxygen atoms in total. The zero-order valence-electron chi connectivity index (χ0n) is 24.3. The highest BCUT2D eigenvalue weighted by molar-refractivity contribution is 5.89. The number of hydrogen-bond donors (Lipinski definition) is 0. The van der Waals surface area contributed by atoms with Crippen molar-refractivity contribution in [3.05, 3.63) is 47.5 Å². The number of amides is 1. The molecule has 0 aliphatic rings. The average Bonchev–Trinajstić information content (AvgIpc) is 2.90. The first-order valence-corrected chi connectivity index (χ1v) is 15.2. The van der Waals surface area contributed by atoms with Gasteiger partial charge >= 0.3 is 5.97 Å². The Bertz CT molecular complexity index is 726. The Labute approximate surface area is 228 Å². The molecule has 1 aromatic carbocycles. The van der Waals surface area contributed by atoms with Crippen LogP contribution in [-0.4, -0.2) is 37.0 Å². The summed E-state index contributed by atoms with van der Waals surface area (Å²) in [5, 5.41) is 0. The Morgan fingerprint density at radius 2 is 1.22 bits per heavy atom. The van der Waals surface area contributed by atoms with Crippen molar-refractivity contribution in [3.63, 3.8) is 0 Å². The van der Waals surface area contributed by atoms with E-state index in [1.165, 1.54) is 96.3 Å². The van der Waals surface area contributed by atoms with Crippen molar-refractivity contribution >= 4 is 11.9 Å². The molecule has 0 saturated heterocycles. The van der Waals surface area contributed by atoms with Crippen LogP contribution in [0.25, 0.3) is 0 Å². The maximum absolute atomic E-state index is 12.3. The van der Waals surface area contributed by atoms with E-state index in [9.17, 15) is 9.59 Å². The molecule has 0 spiro atoms. The summed E-state index contributed by atoms with van der Waals surface area (Å²) in [5.41, 5.74) is 1.65. The molecule has 210 valence electrons. The fourth-order valence-electron chi connectivity index (χ4n) is 4.42. The lowest BCUT2D eigenvalue weighted by atomic mass is 10.1. The Kier molecular flexibility index (Phi) is 20.5. The van der Waals surface area contributed by atoms with Crippen molar-refractivity contribution < 1.29 is 14.3 Å². The number of carbonyl (C=O) groups excluding carboxylic acids is 2. The van der Waals surface area contributed by atoms with Crippen LogP contribution in [0.1, 0.15) is 138 Å². The van der Waals surface area contributed by atoms with E-state index >= 15 is 0 Å². The smallest absolute Gasteiger partial charge is 0.338 e. The van der Waals surface area contributed by atoms with Gasteiger partial charge in [0.1, 0.15) is 6.61 Å². The number of unbranched alkanes of at least 4 members (excludes halogenated alkanes) is 15. The number of likely N-dealkylation sites (N-methyl/N-ethyl adjacent to an activating group) is 1. The van der Waals surface area contributed by atoms with E-state index in [-0.39, 0.29) is 18.5 Å². The number of esters is 1. The first kappa shape index (κ1) is 32.9. The largest absolute Gasteiger partial charge is 0.460 e. The number of aryl methyl sites for hydroxylation is 1. The lowest BCUT2D eigenvalue weighted by Gasteiger charge is -2.17. The maximum Gasteiger partial charge on any atom is 0.338 e. The van der Waals surface area contributed by atoms with Gasteiger partial charge in [-0.2, -0.15) is 0 Å². The van der Waals surface area contributed by atoms with Crippen LogP contribution in [0.2, 0.25) is 0 Å². The van der Waals surface area contributed by atoms with E-state index in [0.29, 0.717) is 18.5 Å². The maximum atomic E-state index is 12.3. The Balaban J connectivity index is 1.87. The summed E-state index contributed by atoms with van der Waals surface area (Å²) < 4.78 is 5.30. The van der Waals surface area contributed by atoms with E-state index in [0.717, 1.165) is 18.4 Å². The molecule has 1 aromatic rings. The number of rotatable bonds is 23. The molecule has 0 heterocycles. The third-order valence-corrected chi connectivity index (χ3v) is 7.03. The number of hydrogen-bond acceptors (Lipinski definition) is 3. The number of benzene rings is 1. The molecule has 0 N–H and O–H groups in total. The minimum Gasteiger partial charge on any atom is -0.460 e. The van der Waals surface area contributed by atoms with Crippen LogP contribution in [0.15, 0.2) is 36.4 Å². The van der Waals surface area contributed by atoms with Crippen molar-refractivity contribution in [2.45, 2.75) is 129 Å². The summed E-state index contributed by atoms with van der Waals surface area (Å²) in [6.45, 7) is 4.92. The van der Waals surface area contributed by atoms with Crippen molar-refractivity contribution in [1.29, 1.82) is 0 Å². The van der Waals surface area contributed by atoms with Crippen LogP contribution in [-0.2, 0) is 9.53 Å². The third-order valence-electron chi connectivity index (χ3n) is 7.03. The first-order valence-electron chi connectivity index (χ1n) is 15.2. The zero-order chi connectivity index (χ0) is 27.0. The number of ether oxygens (including phenoxy) is 1. The normalized spacial score (nSPS) is 11.2. The standard InChI is InChI=1S/C33H55NO3/c1-4-5-6-7-8-9-10-11-12-13-14-15-16-17-18-19-20-21-22-23-32(35)34(3)28-29-37-33(36)31-26-24-30(2)25-27-31/h11-12,24-27H,4-10,13-23,28-29H2,1-3H3. The van der Waals surface area contributed by atoms with E-state index in [1.54, 1.807) is 24.1 Å². The molecule has 0 atom stereocenters. The second-order valence-corrected chi connectivity index (χ2v) is 10.6. The van der Waals surface area contributed by atoms with Crippen molar-refractivity contribution in [3.8, 4) is 0 Å². The highest BCUT2D eigenvalue weighted by atomic mass is 16.5. The molecule has 0 fully saturated rings. The van der Waals surface area contributed by atoms with Crippen LogP contribution < -0.4 is 0 Å². The number of carbonyl (C=O) groups is 2. The molecular formula is C33H55NO3. The molecule has 37 heavy (non-hydrogen) atoms. The predicted molar refractivity (Wildman–Crippen MR) is 157 cm³/mol. The molecule has 0 aliphatic heterocycles. The molecule has 1 amide bonds. The van der Waals surface area contributed by atoms with Crippen molar-refractivity contribution in [2.75, 3.05) is 20.2 Å². The summed E-state index contributed by atoms with van der Waals surface area (Å²) in [4.78, 5) is 26.0. The second kappa shape index (κ2) is 23.0. The van der Waals surface area contributed by atoms with Gasteiger partial charge in [0.15, 0.2) is 0 Å². The molecule has 0 aliphatic carbocycles. The summed E-state index contributed by atoms with van der Waals surface area (Å²) in [7, 11) is 1.79. The fraction of sp³-hybridized carbons (Fsp3) is 0.697. The van der Waals surface area contributed by atoms with Gasteiger partial charge in [0.25, 0.3) is 0 Å². The van der Waals surface area contributed by atoms with Gasteiger partial charge in [-0.15, -0.1) is 0 Å². The molecule has 0 radical (unpaired) electrons. The van der Waals surface area contributed by atoms with Gasteiger partial charge in [0.2, 0.25) is 5.91 Å². The molecule has 0 unspecified atom stereocenters. The lowest BCUT2D eigenvalue weighted by molar-refractivity contribution is -0.130. The molecule has 1 rings (SSSR count). The van der Waals surface area contributed by atoms with E-state index in [2.05, 4.69) is 19.1 Å². The topological polar surface area (TPSA) is 46.6 Å². The van der Waals surface area contributed by atoms with Gasteiger partial charge in [-0.25, -0.2) is 4.79 Å². The SMILES string of the molecule is CCCCCCCCC=CCCCCCCCCCCCC(=O)N(C)CCOC(=O)c1ccc(C)cc1. The molecule has 0 aromatic heterocycles. The van der Waals surface area contributed by atoms with Gasteiger partial charge in [-0.05, 0) is 51.2 Å². The molecule has 0 bridgehead atoms. The minimum absolute atomic E-state index is 0.132. The summed E-state index contributed by atoms with van der Waals surface area (Å²) in [6.07, 6.45) is 27.4. The molecule has 0 saturated carbocycles. The van der Waals surface area contributed by atoms with Gasteiger partial charge in [-0.1, -0.05) is 114 Å². The minimum atomic E-state index is -0.337. The first-order chi connectivity index (χ1) is 18.0. The van der Waals surface area contributed by atoms with Gasteiger partial charge in [0.05, 0.1) is 12.1 Å². The lowest BCUT2D eigenvalue weighted by Crippen LogP contribution is -2.30. The van der Waals surface area contributed by atoms with Gasteiger partial charge in [0, 0.05) is 13.5 Å². The van der Waals surface area contributed by atoms with Crippen LogP contribution in [0.3, 0.4) is 0 Å². The second-order valence-electron chi connectivity index (χ2n) is 10.6. The van der Waals surface area contributed by atoms with Crippen molar-refractivity contribution in [2.24, 2.45) is 0 Å². The van der Waals surface area contributed by atoms with E-state index in [4.69, 9.17) is 4.74 Å². The summed E-state index contributed by atoms with van der Waals surface area (Å²) in [5.74, 6) is -0.205. The van der Waals surface area contributed by atoms with Crippen LogP contribution in [0.4, 0.5) is 0 Å². The summed E-state index contributed by atoms with van der Waals surface area (Å²) >= 11 is 0. The Morgan fingerprint density at radius 3 is 1.76 bits per heavy atom. The van der Waals surface area contributed by atoms with Gasteiger partial charge in [-0.3, -0.25) is 4.79 Å². The highest BCUT2D eigenvalue weighted by Crippen LogP contribution is 2.13. The number of nitrogens with zero attached hydrogens (tertiary/aromatic N) is 1. The van der Waals surface area contributed by atoms with Gasteiger partial charge < -0.3 is 9.64 Å². The zero-order valence-corrected chi connectivity index (χ0v) is 24.3. The molecule has 4 heteroatoms.